The smallest absolute Gasteiger partial charge is 0.335 e. The number of benzene rings is 2. The molecule has 2 aromatic rings. The third kappa shape index (κ3) is 4.17. The molecule has 1 aliphatic heterocycles. The maximum Gasteiger partial charge on any atom is 0.335 e. The van der Waals surface area contributed by atoms with Gasteiger partial charge < -0.3 is 10.4 Å². The van der Waals surface area contributed by atoms with Gasteiger partial charge in [-0.15, -0.1) is 0 Å². The van der Waals surface area contributed by atoms with Crippen LogP contribution in [0, 0.1) is 6.92 Å². The molecule has 2 aromatic carbocycles. The maximum atomic E-state index is 12.6. The summed E-state index contributed by atoms with van der Waals surface area (Å²) < 4.78 is 0. The Labute approximate surface area is 159 Å². The van der Waals surface area contributed by atoms with E-state index in [1.807, 2.05) is 6.92 Å². The predicted molar refractivity (Wildman–Crippen MR) is 102 cm³/mol. The number of nitrogens with zero attached hydrogens (tertiary/aromatic N) is 1. The number of nitrogens with one attached hydrogen (secondary N) is 1. The lowest BCUT2D eigenvalue weighted by atomic mass is 10.2. The zero-order chi connectivity index (χ0) is 19.6. The quantitative estimate of drug-likeness (QED) is 0.820. The van der Waals surface area contributed by atoms with Gasteiger partial charge in [0.1, 0.15) is 5.25 Å². The molecule has 138 valence electrons. The second kappa shape index (κ2) is 7.63. The second-order valence-corrected chi connectivity index (χ2v) is 7.17. The van der Waals surface area contributed by atoms with Gasteiger partial charge in [0.15, 0.2) is 0 Å². The van der Waals surface area contributed by atoms with Gasteiger partial charge in [-0.25, -0.2) is 9.69 Å². The number of carbonyl (C=O) groups is 4. The van der Waals surface area contributed by atoms with Crippen molar-refractivity contribution in [2.45, 2.75) is 18.6 Å². The van der Waals surface area contributed by atoms with Crippen LogP contribution in [0.4, 0.5) is 16.2 Å². The predicted octanol–water partition coefficient (Wildman–Crippen LogP) is 3.29. The lowest BCUT2D eigenvalue weighted by Gasteiger charge is -2.14. The van der Waals surface area contributed by atoms with Gasteiger partial charge in [0, 0.05) is 12.1 Å². The Bertz CT molecular complexity index is 926. The van der Waals surface area contributed by atoms with E-state index in [2.05, 4.69) is 5.32 Å². The SMILES string of the molecule is Cc1ccc(N2C(=O)SC(CC(=O)Nc3cccc(C(=O)O)c3)C2=O)cc1. The third-order valence-corrected chi connectivity index (χ3v) is 5.01. The van der Waals surface area contributed by atoms with Crippen molar-refractivity contribution in [3.8, 4) is 0 Å². The topological polar surface area (TPSA) is 104 Å². The minimum Gasteiger partial charge on any atom is -0.478 e. The normalized spacial score (nSPS) is 16.5. The van der Waals surface area contributed by atoms with Crippen LogP contribution in [0.15, 0.2) is 48.5 Å². The number of rotatable bonds is 5. The van der Waals surface area contributed by atoms with Crippen molar-refractivity contribution in [2.24, 2.45) is 0 Å². The Morgan fingerprint density at radius 1 is 1.15 bits per heavy atom. The van der Waals surface area contributed by atoms with Crippen LogP contribution in [0.1, 0.15) is 22.3 Å². The Hall–Kier alpha value is -3.13. The van der Waals surface area contributed by atoms with Crippen molar-refractivity contribution in [1.82, 2.24) is 0 Å². The van der Waals surface area contributed by atoms with Crippen LogP contribution in [0.25, 0.3) is 0 Å². The molecule has 0 aliphatic carbocycles. The van der Waals surface area contributed by atoms with Crippen LogP contribution < -0.4 is 10.2 Å². The summed E-state index contributed by atoms with van der Waals surface area (Å²) in [5.41, 5.74) is 1.84. The zero-order valence-electron chi connectivity index (χ0n) is 14.3. The molecular weight excluding hydrogens is 368 g/mol. The van der Waals surface area contributed by atoms with Crippen LogP contribution in [-0.4, -0.2) is 33.4 Å². The van der Waals surface area contributed by atoms with Crippen molar-refractivity contribution in [1.29, 1.82) is 0 Å². The Morgan fingerprint density at radius 2 is 1.85 bits per heavy atom. The maximum absolute atomic E-state index is 12.6. The first-order valence-electron chi connectivity index (χ1n) is 8.09. The Kier molecular flexibility index (Phi) is 5.27. The molecule has 0 spiro atoms. The summed E-state index contributed by atoms with van der Waals surface area (Å²) in [6.45, 7) is 1.90. The van der Waals surface area contributed by atoms with E-state index in [4.69, 9.17) is 5.11 Å². The molecule has 8 heteroatoms. The molecule has 0 aromatic heterocycles. The monoisotopic (exact) mass is 384 g/mol. The number of thioether (sulfide) groups is 1. The van der Waals surface area contributed by atoms with E-state index >= 15 is 0 Å². The average molecular weight is 384 g/mol. The lowest BCUT2D eigenvalue weighted by Crippen LogP contribution is -2.32. The lowest BCUT2D eigenvalue weighted by molar-refractivity contribution is -0.121. The van der Waals surface area contributed by atoms with Gasteiger partial charge in [-0.3, -0.25) is 14.4 Å². The molecule has 1 aliphatic rings. The fraction of sp³-hybridized carbons (Fsp3) is 0.158. The molecule has 0 bridgehead atoms. The van der Waals surface area contributed by atoms with E-state index in [1.54, 1.807) is 30.3 Å². The number of amides is 3. The molecule has 1 atom stereocenters. The van der Waals surface area contributed by atoms with Crippen molar-refractivity contribution in [3.05, 3.63) is 59.7 Å². The number of carboxylic acid groups (broad SMARTS) is 1. The van der Waals surface area contributed by atoms with Crippen molar-refractivity contribution in [2.75, 3.05) is 10.2 Å². The first kappa shape index (κ1) is 18.7. The van der Waals surface area contributed by atoms with Gasteiger partial charge in [0.2, 0.25) is 11.8 Å². The fourth-order valence-corrected chi connectivity index (χ4v) is 3.61. The van der Waals surface area contributed by atoms with Crippen molar-refractivity contribution in [3.63, 3.8) is 0 Å². The number of hydrogen-bond acceptors (Lipinski definition) is 5. The summed E-state index contributed by atoms with van der Waals surface area (Å²) in [6.07, 6.45) is -0.186. The van der Waals surface area contributed by atoms with Gasteiger partial charge in [-0.05, 0) is 49.0 Å². The summed E-state index contributed by atoms with van der Waals surface area (Å²) in [5.74, 6) is -2.02. The molecule has 1 fully saturated rings. The fourth-order valence-electron chi connectivity index (χ4n) is 2.62. The van der Waals surface area contributed by atoms with Crippen LogP contribution in [0.3, 0.4) is 0 Å². The average Bonchev–Trinajstić information content (AvgIpc) is 2.89. The number of imide groups is 1. The zero-order valence-corrected chi connectivity index (χ0v) is 15.2. The van der Waals surface area contributed by atoms with Crippen LogP contribution >= 0.6 is 11.8 Å². The van der Waals surface area contributed by atoms with Gasteiger partial charge in [-0.2, -0.15) is 0 Å². The number of carbonyl (C=O) groups excluding carboxylic acids is 3. The molecule has 1 unspecified atom stereocenters. The van der Waals surface area contributed by atoms with E-state index in [0.29, 0.717) is 11.4 Å². The number of aryl methyl sites for hydroxylation is 1. The second-order valence-electron chi connectivity index (χ2n) is 6.02. The minimum absolute atomic E-state index is 0.0415. The highest BCUT2D eigenvalue weighted by atomic mass is 32.2. The van der Waals surface area contributed by atoms with E-state index in [-0.39, 0.29) is 12.0 Å². The molecule has 3 amide bonds. The summed E-state index contributed by atoms with van der Waals surface area (Å²) in [4.78, 5) is 49.1. The standard InChI is InChI=1S/C19H16N2O5S/c1-11-5-7-14(8-6-11)21-17(23)15(27-19(21)26)10-16(22)20-13-4-2-3-12(9-13)18(24)25/h2-9,15H,10H2,1H3,(H,20,22)(H,24,25). The number of hydrogen-bond donors (Lipinski definition) is 2. The summed E-state index contributed by atoms with van der Waals surface area (Å²) in [7, 11) is 0. The Morgan fingerprint density at radius 3 is 2.52 bits per heavy atom. The van der Waals surface area contributed by atoms with Crippen molar-refractivity contribution >= 4 is 46.2 Å². The van der Waals surface area contributed by atoms with Gasteiger partial charge >= 0.3 is 5.97 Å². The molecule has 0 saturated carbocycles. The minimum atomic E-state index is -1.10. The van der Waals surface area contributed by atoms with Gasteiger partial charge in [-0.1, -0.05) is 23.8 Å². The van der Waals surface area contributed by atoms with Crippen molar-refractivity contribution < 1.29 is 24.3 Å². The summed E-state index contributed by atoms with van der Waals surface area (Å²) >= 11 is 0.810. The molecule has 1 saturated heterocycles. The molecular formula is C19H16N2O5S. The third-order valence-electron chi connectivity index (χ3n) is 3.98. The first-order valence-corrected chi connectivity index (χ1v) is 8.97. The molecule has 0 radical (unpaired) electrons. The Balaban J connectivity index is 1.67. The molecule has 7 nitrogen and oxygen atoms in total. The molecule has 27 heavy (non-hydrogen) atoms. The van der Waals surface area contributed by atoms with Crippen LogP contribution in [0.5, 0.6) is 0 Å². The largest absolute Gasteiger partial charge is 0.478 e. The van der Waals surface area contributed by atoms with E-state index in [9.17, 15) is 19.2 Å². The number of carboxylic acids is 1. The van der Waals surface area contributed by atoms with E-state index in [0.717, 1.165) is 22.2 Å². The highest BCUT2D eigenvalue weighted by molar-refractivity contribution is 8.15. The number of aromatic carboxylic acids is 1. The van der Waals surface area contributed by atoms with Crippen LogP contribution in [0.2, 0.25) is 0 Å². The number of anilines is 2. The molecule has 1 heterocycles. The van der Waals surface area contributed by atoms with Gasteiger partial charge in [0.05, 0.1) is 11.3 Å². The van der Waals surface area contributed by atoms with Gasteiger partial charge in [0.25, 0.3) is 5.24 Å². The van der Waals surface area contributed by atoms with E-state index in [1.165, 1.54) is 18.2 Å². The molecule has 2 N–H and O–H groups in total. The summed E-state index contributed by atoms with van der Waals surface area (Å²) in [5, 5.41) is 10.3. The first-order chi connectivity index (χ1) is 12.8. The highest BCUT2D eigenvalue weighted by Crippen LogP contribution is 2.33. The summed E-state index contributed by atoms with van der Waals surface area (Å²) in [6, 6.07) is 12.8. The molecule has 3 rings (SSSR count). The van der Waals surface area contributed by atoms with Crippen LogP contribution in [-0.2, 0) is 9.59 Å². The highest BCUT2D eigenvalue weighted by Gasteiger charge is 2.41. The van der Waals surface area contributed by atoms with E-state index < -0.39 is 28.3 Å².